The van der Waals surface area contributed by atoms with E-state index in [0.717, 1.165) is 6.26 Å². The molecule has 0 bridgehead atoms. The van der Waals surface area contributed by atoms with Gasteiger partial charge in [-0.2, -0.15) is 4.68 Å². The van der Waals surface area contributed by atoms with Crippen molar-refractivity contribution in [2.75, 3.05) is 23.9 Å². The highest BCUT2D eigenvalue weighted by Gasteiger charge is 2.25. The number of hydrogen-bond acceptors (Lipinski definition) is 7. The molecule has 0 fully saturated rings. The summed E-state index contributed by atoms with van der Waals surface area (Å²) >= 11 is 1.33. The van der Waals surface area contributed by atoms with Crippen LogP contribution in [0.3, 0.4) is 0 Å². The minimum atomic E-state index is -3.48. The van der Waals surface area contributed by atoms with E-state index in [1.54, 1.807) is 11.6 Å². The number of nitrogen functional groups attached to an aromatic ring is 1. The summed E-state index contributed by atoms with van der Waals surface area (Å²) in [6.07, 6.45) is 2.73. The van der Waals surface area contributed by atoms with Crippen LogP contribution in [-0.2, 0) is 9.84 Å². The van der Waals surface area contributed by atoms with Gasteiger partial charge >= 0.3 is 0 Å². The molecule has 0 aliphatic heterocycles. The summed E-state index contributed by atoms with van der Waals surface area (Å²) in [5, 5.41) is 9.58. The fraction of sp³-hybridized carbons (Fsp3) is 0.455. The van der Waals surface area contributed by atoms with E-state index in [0.29, 0.717) is 17.6 Å². The van der Waals surface area contributed by atoms with Crippen LogP contribution in [0.2, 0.25) is 0 Å². The molecule has 0 aromatic carbocycles. The Morgan fingerprint density at radius 3 is 2.70 bits per heavy atom. The van der Waals surface area contributed by atoms with Gasteiger partial charge in [-0.3, -0.25) is 0 Å². The first kappa shape index (κ1) is 14.8. The Kier molecular flexibility index (Phi) is 4.00. The molecule has 0 radical (unpaired) electrons. The average Bonchev–Trinajstić information content (AvgIpc) is 2.92. The van der Waals surface area contributed by atoms with Gasteiger partial charge < -0.3 is 11.1 Å². The topological polar surface area (TPSA) is 103 Å². The maximum atomic E-state index is 11.9. The predicted molar refractivity (Wildman–Crippen MR) is 80.1 cm³/mol. The van der Waals surface area contributed by atoms with Crippen LogP contribution >= 0.6 is 11.3 Å². The molecule has 2 aromatic heterocycles. The quantitative estimate of drug-likeness (QED) is 0.864. The first-order valence-electron chi connectivity index (χ1n) is 6.03. The van der Waals surface area contributed by atoms with Crippen molar-refractivity contribution in [1.82, 2.24) is 14.8 Å². The SMILES string of the molecule is CC(C)CNc1nn(-c2nccs2)c(N)c1S(C)(=O)=O. The van der Waals surface area contributed by atoms with Crippen molar-refractivity contribution < 1.29 is 8.42 Å². The Hall–Kier alpha value is -1.61. The lowest BCUT2D eigenvalue weighted by Crippen LogP contribution is -2.11. The number of nitrogens with one attached hydrogen (secondary N) is 1. The Morgan fingerprint density at radius 2 is 2.20 bits per heavy atom. The number of anilines is 2. The van der Waals surface area contributed by atoms with Gasteiger partial charge in [0, 0.05) is 24.4 Å². The molecule has 0 atom stereocenters. The van der Waals surface area contributed by atoms with E-state index in [9.17, 15) is 8.42 Å². The van der Waals surface area contributed by atoms with Crippen LogP contribution in [0, 0.1) is 5.92 Å². The molecule has 9 heteroatoms. The molecule has 2 rings (SSSR count). The van der Waals surface area contributed by atoms with Gasteiger partial charge in [0.05, 0.1) is 0 Å². The van der Waals surface area contributed by atoms with Crippen LogP contribution in [0.15, 0.2) is 16.5 Å². The largest absolute Gasteiger partial charge is 0.382 e. The molecule has 110 valence electrons. The molecule has 0 saturated carbocycles. The molecule has 0 amide bonds. The third-order valence-electron chi connectivity index (χ3n) is 2.52. The average molecular weight is 315 g/mol. The third kappa shape index (κ3) is 2.93. The first-order chi connectivity index (χ1) is 9.30. The van der Waals surface area contributed by atoms with E-state index in [-0.39, 0.29) is 16.5 Å². The molecule has 7 nitrogen and oxygen atoms in total. The number of nitrogens with two attached hydrogens (primary N) is 1. The summed E-state index contributed by atoms with van der Waals surface area (Å²) in [7, 11) is -3.48. The van der Waals surface area contributed by atoms with Crippen molar-refractivity contribution in [1.29, 1.82) is 0 Å². The second kappa shape index (κ2) is 5.41. The van der Waals surface area contributed by atoms with Crippen molar-refractivity contribution in [2.45, 2.75) is 18.7 Å². The fourth-order valence-corrected chi connectivity index (χ4v) is 3.20. The number of nitrogens with zero attached hydrogens (tertiary/aromatic N) is 3. The molecule has 0 spiro atoms. The van der Waals surface area contributed by atoms with Crippen molar-refractivity contribution in [3.63, 3.8) is 0 Å². The molecule has 20 heavy (non-hydrogen) atoms. The molecular weight excluding hydrogens is 298 g/mol. The standard InChI is InChI=1S/C11H17N5O2S2/c1-7(2)6-14-10-8(20(3,17)18)9(12)16(15-10)11-13-4-5-19-11/h4-5,7H,6,12H2,1-3H3,(H,14,15). The van der Waals surface area contributed by atoms with Crippen molar-refractivity contribution >= 4 is 32.8 Å². The van der Waals surface area contributed by atoms with Crippen LogP contribution in [0.1, 0.15) is 13.8 Å². The molecular formula is C11H17N5O2S2. The lowest BCUT2D eigenvalue weighted by atomic mass is 10.2. The maximum absolute atomic E-state index is 11.9. The second-order valence-electron chi connectivity index (χ2n) is 4.84. The normalized spacial score (nSPS) is 12.0. The summed E-state index contributed by atoms with van der Waals surface area (Å²) < 4.78 is 25.2. The van der Waals surface area contributed by atoms with Crippen molar-refractivity contribution in [3.8, 4) is 5.13 Å². The third-order valence-corrected chi connectivity index (χ3v) is 4.42. The monoisotopic (exact) mass is 315 g/mol. The van der Waals surface area contributed by atoms with Gasteiger partial charge in [0.25, 0.3) is 0 Å². The maximum Gasteiger partial charge on any atom is 0.212 e. The van der Waals surface area contributed by atoms with Crippen LogP contribution in [0.25, 0.3) is 5.13 Å². The van der Waals surface area contributed by atoms with Gasteiger partial charge in [-0.25, -0.2) is 13.4 Å². The Balaban J connectivity index is 2.53. The first-order valence-corrected chi connectivity index (χ1v) is 8.80. The second-order valence-corrected chi connectivity index (χ2v) is 7.66. The highest BCUT2D eigenvalue weighted by atomic mass is 32.2. The molecule has 0 aliphatic rings. The smallest absolute Gasteiger partial charge is 0.212 e. The highest BCUT2D eigenvalue weighted by molar-refractivity contribution is 7.91. The van der Waals surface area contributed by atoms with Gasteiger partial charge in [-0.15, -0.1) is 16.4 Å². The summed E-state index contributed by atoms with van der Waals surface area (Å²) in [5.41, 5.74) is 5.94. The zero-order valence-corrected chi connectivity index (χ0v) is 13.1. The molecule has 0 unspecified atom stereocenters. The minimum absolute atomic E-state index is 0.0216. The lowest BCUT2D eigenvalue weighted by Gasteiger charge is -2.07. The zero-order chi connectivity index (χ0) is 14.9. The van der Waals surface area contributed by atoms with Crippen LogP contribution in [-0.4, -0.2) is 36.0 Å². The fourth-order valence-electron chi connectivity index (χ4n) is 1.67. The summed E-state index contributed by atoms with van der Waals surface area (Å²) in [5.74, 6) is 0.705. The van der Waals surface area contributed by atoms with E-state index in [2.05, 4.69) is 15.4 Å². The summed E-state index contributed by atoms with van der Waals surface area (Å²) in [6.45, 7) is 4.65. The van der Waals surface area contributed by atoms with Gasteiger partial charge in [0.1, 0.15) is 0 Å². The Labute approximate surface area is 121 Å². The van der Waals surface area contributed by atoms with E-state index in [1.165, 1.54) is 16.0 Å². The number of aromatic nitrogens is 3. The van der Waals surface area contributed by atoms with Gasteiger partial charge in [-0.05, 0) is 5.92 Å². The van der Waals surface area contributed by atoms with Gasteiger partial charge in [0.15, 0.2) is 26.4 Å². The van der Waals surface area contributed by atoms with Gasteiger partial charge in [-0.1, -0.05) is 13.8 Å². The van der Waals surface area contributed by atoms with Crippen molar-refractivity contribution in [2.24, 2.45) is 5.92 Å². The predicted octanol–water partition coefficient (Wildman–Crippen LogP) is 1.38. The van der Waals surface area contributed by atoms with Crippen LogP contribution in [0.5, 0.6) is 0 Å². The van der Waals surface area contributed by atoms with E-state index in [4.69, 9.17) is 5.73 Å². The van der Waals surface area contributed by atoms with Crippen LogP contribution < -0.4 is 11.1 Å². The molecule has 3 N–H and O–H groups in total. The van der Waals surface area contributed by atoms with E-state index in [1.807, 2.05) is 13.8 Å². The van der Waals surface area contributed by atoms with E-state index >= 15 is 0 Å². The van der Waals surface area contributed by atoms with E-state index < -0.39 is 9.84 Å². The Bertz CT molecular complexity index is 689. The summed E-state index contributed by atoms with van der Waals surface area (Å²) in [6, 6.07) is 0. The van der Waals surface area contributed by atoms with Gasteiger partial charge in [0.2, 0.25) is 5.13 Å². The molecule has 0 saturated heterocycles. The number of thiazole rings is 1. The zero-order valence-electron chi connectivity index (χ0n) is 11.5. The van der Waals surface area contributed by atoms with Crippen molar-refractivity contribution in [3.05, 3.63) is 11.6 Å². The lowest BCUT2D eigenvalue weighted by molar-refractivity contribution is 0.602. The van der Waals surface area contributed by atoms with Crippen LogP contribution in [0.4, 0.5) is 11.6 Å². The highest BCUT2D eigenvalue weighted by Crippen LogP contribution is 2.30. The number of rotatable bonds is 5. The Morgan fingerprint density at radius 1 is 1.50 bits per heavy atom. The molecule has 2 heterocycles. The number of sulfone groups is 1. The molecule has 2 aromatic rings. The number of hydrogen-bond donors (Lipinski definition) is 2. The summed E-state index contributed by atoms with van der Waals surface area (Å²) in [4.78, 5) is 4.12. The molecule has 0 aliphatic carbocycles. The minimum Gasteiger partial charge on any atom is -0.382 e.